The highest BCUT2D eigenvalue weighted by Crippen LogP contribution is 2.22. The minimum absolute atomic E-state index is 0.0275. The fourth-order valence-corrected chi connectivity index (χ4v) is 5.11. The van der Waals surface area contributed by atoms with E-state index in [0.29, 0.717) is 5.11 Å². The zero-order valence-corrected chi connectivity index (χ0v) is 20.1. The fraction of sp³-hybridized carbons (Fsp3) is 0.261. The molecule has 33 heavy (non-hydrogen) atoms. The standard InChI is InChI=1S/C23H26N6O2S2/c1-17-5-3-6-20(15-17)28-13-14-29(18(2)16-28)23(32)26-19-7-9-21(10-8-19)33(30,31)27-22-24-11-4-12-25-22/h3-12,15,18H,13-14,16H2,1-2H3,(H,26,32)(H,24,25,27)/t18-/m0/s1. The number of piperazine rings is 1. The van der Waals surface area contributed by atoms with E-state index in [1.54, 1.807) is 18.2 Å². The van der Waals surface area contributed by atoms with Gasteiger partial charge < -0.3 is 15.1 Å². The molecule has 0 bridgehead atoms. The minimum atomic E-state index is -3.77. The molecule has 10 heteroatoms. The van der Waals surface area contributed by atoms with E-state index >= 15 is 0 Å². The van der Waals surface area contributed by atoms with Crippen molar-refractivity contribution in [3.63, 3.8) is 0 Å². The highest BCUT2D eigenvalue weighted by atomic mass is 32.2. The lowest BCUT2D eigenvalue weighted by Crippen LogP contribution is -2.55. The molecule has 0 spiro atoms. The van der Waals surface area contributed by atoms with Gasteiger partial charge in [-0.25, -0.2) is 23.1 Å². The Morgan fingerprint density at radius 3 is 2.45 bits per heavy atom. The summed E-state index contributed by atoms with van der Waals surface area (Å²) in [7, 11) is -3.77. The Labute approximate surface area is 199 Å². The van der Waals surface area contributed by atoms with E-state index in [0.717, 1.165) is 25.3 Å². The second kappa shape index (κ2) is 9.72. The van der Waals surface area contributed by atoms with Crippen LogP contribution in [-0.4, -0.2) is 54.1 Å². The third-order valence-electron chi connectivity index (χ3n) is 5.46. The average molecular weight is 483 g/mol. The molecule has 0 aliphatic carbocycles. The normalized spacial score (nSPS) is 16.4. The maximum atomic E-state index is 12.5. The number of benzene rings is 2. The minimum Gasteiger partial charge on any atom is -0.368 e. The number of aryl methyl sites for hydroxylation is 1. The van der Waals surface area contributed by atoms with Crippen LogP contribution >= 0.6 is 12.2 Å². The number of rotatable bonds is 5. The molecule has 1 saturated heterocycles. The quantitative estimate of drug-likeness (QED) is 0.534. The van der Waals surface area contributed by atoms with Gasteiger partial charge in [-0.3, -0.25) is 0 Å². The molecule has 2 N–H and O–H groups in total. The van der Waals surface area contributed by atoms with E-state index in [4.69, 9.17) is 12.2 Å². The lowest BCUT2D eigenvalue weighted by molar-refractivity contribution is 0.302. The van der Waals surface area contributed by atoms with Crippen molar-refractivity contribution < 1.29 is 8.42 Å². The van der Waals surface area contributed by atoms with Gasteiger partial charge in [0.15, 0.2) is 5.11 Å². The molecule has 0 saturated carbocycles. The molecule has 172 valence electrons. The summed E-state index contributed by atoms with van der Waals surface area (Å²) >= 11 is 5.65. The van der Waals surface area contributed by atoms with E-state index in [9.17, 15) is 8.42 Å². The first-order valence-corrected chi connectivity index (χ1v) is 12.5. The van der Waals surface area contributed by atoms with Crippen molar-refractivity contribution in [2.24, 2.45) is 0 Å². The van der Waals surface area contributed by atoms with Crippen LogP contribution in [0.3, 0.4) is 0 Å². The highest BCUT2D eigenvalue weighted by molar-refractivity contribution is 7.92. The van der Waals surface area contributed by atoms with Crippen LogP contribution < -0.4 is 14.9 Å². The van der Waals surface area contributed by atoms with Gasteiger partial charge in [-0.2, -0.15) is 0 Å². The molecular weight excluding hydrogens is 456 g/mol. The van der Waals surface area contributed by atoms with E-state index in [2.05, 4.69) is 67.9 Å². The van der Waals surface area contributed by atoms with Gasteiger partial charge in [-0.05, 0) is 74.1 Å². The summed E-state index contributed by atoms with van der Waals surface area (Å²) in [6.07, 6.45) is 2.95. The van der Waals surface area contributed by atoms with E-state index in [-0.39, 0.29) is 16.9 Å². The summed E-state index contributed by atoms with van der Waals surface area (Å²) < 4.78 is 27.5. The molecule has 4 rings (SSSR count). The Morgan fingerprint density at radius 1 is 1.06 bits per heavy atom. The predicted molar refractivity (Wildman–Crippen MR) is 135 cm³/mol. The van der Waals surface area contributed by atoms with Crippen LogP contribution in [-0.2, 0) is 10.0 Å². The number of hydrogen-bond acceptors (Lipinski definition) is 6. The second-order valence-electron chi connectivity index (χ2n) is 7.96. The number of nitrogens with zero attached hydrogens (tertiary/aromatic N) is 4. The van der Waals surface area contributed by atoms with Crippen LogP contribution in [0.2, 0.25) is 0 Å². The average Bonchev–Trinajstić information content (AvgIpc) is 2.79. The lowest BCUT2D eigenvalue weighted by Gasteiger charge is -2.42. The molecule has 0 unspecified atom stereocenters. The molecule has 0 radical (unpaired) electrons. The number of thiocarbonyl (C=S) groups is 1. The van der Waals surface area contributed by atoms with Crippen molar-refractivity contribution >= 4 is 44.7 Å². The largest absolute Gasteiger partial charge is 0.368 e. The van der Waals surface area contributed by atoms with Crippen LogP contribution in [0.4, 0.5) is 17.3 Å². The van der Waals surface area contributed by atoms with E-state index in [1.807, 2.05) is 0 Å². The van der Waals surface area contributed by atoms with Gasteiger partial charge in [0.1, 0.15) is 0 Å². The first-order valence-electron chi connectivity index (χ1n) is 10.6. The number of nitrogens with one attached hydrogen (secondary N) is 2. The molecule has 2 heterocycles. The Morgan fingerprint density at radius 2 is 1.79 bits per heavy atom. The van der Waals surface area contributed by atoms with Crippen LogP contribution in [0.15, 0.2) is 71.9 Å². The van der Waals surface area contributed by atoms with Gasteiger partial charge in [0.2, 0.25) is 5.95 Å². The van der Waals surface area contributed by atoms with Crippen LogP contribution in [0.25, 0.3) is 0 Å². The summed E-state index contributed by atoms with van der Waals surface area (Å²) in [4.78, 5) is 12.4. The van der Waals surface area contributed by atoms with Crippen molar-refractivity contribution in [3.05, 3.63) is 72.6 Å². The number of hydrogen-bond donors (Lipinski definition) is 2. The fourth-order valence-electron chi connectivity index (χ4n) is 3.76. The lowest BCUT2D eigenvalue weighted by atomic mass is 10.1. The van der Waals surface area contributed by atoms with E-state index < -0.39 is 10.0 Å². The third-order valence-corrected chi connectivity index (χ3v) is 7.14. The number of aromatic nitrogens is 2. The van der Waals surface area contributed by atoms with Crippen molar-refractivity contribution in [1.82, 2.24) is 14.9 Å². The van der Waals surface area contributed by atoms with Crippen LogP contribution in [0.1, 0.15) is 12.5 Å². The topological polar surface area (TPSA) is 90.5 Å². The molecule has 8 nitrogen and oxygen atoms in total. The zero-order chi connectivity index (χ0) is 23.4. The summed E-state index contributed by atoms with van der Waals surface area (Å²) in [5.41, 5.74) is 3.20. The summed E-state index contributed by atoms with van der Waals surface area (Å²) in [5.74, 6) is 0.0275. The predicted octanol–water partition coefficient (Wildman–Crippen LogP) is 3.49. The Kier molecular flexibility index (Phi) is 6.75. The molecule has 0 amide bonds. The SMILES string of the molecule is Cc1cccc(N2CCN(C(=S)Nc3ccc(S(=O)(=O)Nc4ncccn4)cc3)[C@@H](C)C2)c1. The van der Waals surface area contributed by atoms with Crippen molar-refractivity contribution in [2.75, 3.05) is 34.6 Å². The van der Waals surface area contributed by atoms with Gasteiger partial charge in [-0.15, -0.1) is 0 Å². The second-order valence-corrected chi connectivity index (χ2v) is 10.0. The van der Waals surface area contributed by atoms with Crippen molar-refractivity contribution in [1.29, 1.82) is 0 Å². The maximum absolute atomic E-state index is 12.5. The molecule has 2 aromatic carbocycles. The first kappa shape index (κ1) is 22.9. The number of sulfonamides is 1. The smallest absolute Gasteiger partial charge is 0.264 e. The Hall–Kier alpha value is -3.24. The van der Waals surface area contributed by atoms with Gasteiger partial charge in [0.05, 0.1) is 4.90 Å². The van der Waals surface area contributed by atoms with Crippen molar-refractivity contribution in [3.8, 4) is 0 Å². The molecule has 1 aliphatic heterocycles. The Bertz CT molecular complexity index is 1220. The van der Waals surface area contributed by atoms with Crippen molar-refractivity contribution in [2.45, 2.75) is 24.8 Å². The molecule has 1 fully saturated rings. The Balaban J connectivity index is 1.37. The number of anilines is 3. The monoisotopic (exact) mass is 482 g/mol. The molecule has 1 aromatic heterocycles. The van der Waals surface area contributed by atoms with Gasteiger partial charge in [0.25, 0.3) is 10.0 Å². The molecule has 1 atom stereocenters. The molecular formula is C23H26N6O2S2. The third kappa shape index (κ3) is 5.58. The van der Waals surface area contributed by atoms with Gasteiger partial charge >= 0.3 is 0 Å². The van der Waals surface area contributed by atoms with Crippen LogP contribution in [0.5, 0.6) is 0 Å². The summed E-state index contributed by atoms with van der Waals surface area (Å²) in [6.45, 7) is 6.80. The molecule has 3 aromatic rings. The maximum Gasteiger partial charge on any atom is 0.264 e. The van der Waals surface area contributed by atoms with Gasteiger partial charge in [0, 0.05) is 49.4 Å². The summed E-state index contributed by atoms with van der Waals surface area (Å²) in [6, 6.07) is 16.8. The highest BCUT2D eigenvalue weighted by Gasteiger charge is 2.26. The molecule has 1 aliphatic rings. The summed E-state index contributed by atoms with van der Waals surface area (Å²) in [5, 5.41) is 3.86. The first-order chi connectivity index (χ1) is 15.8. The zero-order valence-electron chi connectivity index (χ0n) is 18.5. The van der Waals surface area contributed by atoms with Gasteiger partial charge in [-0.1, -0.05) is 12.1 Å². The van der Waals surface area contributed by atoms with E-state index in [1.165, 1.54) is 35.8 Å². The van der Waals surface area contributed by atoms with Crippen LogP contribution in [0, 0.1) is 6.92 Å².